The number of methoxy groups -OCH3 is 1. The van der Waals surface area contributed by atoms with E-state index in [1.807, 2.05) is 12.1 Å². The van der Waals surface area contributed by atoms with E-state index >= 15 is 0 Å². The monoisotopic (exact) mass is 364 g/mol. The maximum Gasteiger partial charge on any atom is 0.158 e. The Morgan fingerprint density at radius 1 is 1.25 bits per heavy atom. The summed E-state index contributed by atoms with van der Waals surface area (Å²) in [4.78, 5) is 0. The maximum atomic E-state index is 12.0. The summed E-state index contributed by atoms with van der Waals surface area (Å²) >= 11 is 3.38. The van der Waals surface area contributed by atoms with E-state index in [0.29, 0.717) is 16.8 Å². The zero-order valence-corrected chi connectivity index (χ0v) is 14.7. The molecule has 6 heteroatoms. The average molecular weight is 365 g/mol. The molecule has 0 amide bonds. The Labute approximate surface area is 129 Å². The van der Waals surface area contributed by atoms with Crippen LogP contribution in [0.1, 0.15) is 26.3 Å². The van der Waals surface area contributed by atoms with Gasteiger partial charge in [-0.3, -0.25) is 0 Å². The first-order chi connectivity index (χ1) is 9.21. The van der Waals surface area contributed by atoms with Gasteiger partial charge in [0.2, 0.25) is 0 Å². The van der Waals surface area contributed by atoms with Gasteiger partial charge in [-0.15, -0.1) is 0 Å². The van der Waals surface area contributed by atoms with Crippen molar-refractivity contribution in [3.63, 3.8) is 0 Å². The third-order valence-electron chi connectivity index (χ3n) is 2.96. The first-order valence-electron chi connectivity index (χ1n) is 6.29. The summed E-state index contributed by atoms with van der Waals surface area (Å²) in [6.45, 7) is 5.21. The molecule has 0 aromatic heterocycles. The quantitative estimate of drug-likeness (QED) is 0.727. The van der Waals surface area contributed by atoms with Gasteiger partial charge in [-0.2, -0.15) is 0 Å². The SMILES string of the molecule is COc1ccc(CBr)c(OCCS(=O)(=O)C(C)(C)C)c1. The van der Waals surface area contributed by atoms with Crippen LogP contribution in [0.2, 0.25) is 0 Å². The third kappa shape index (κ3) is 4.38. The average Bonchev–Trinajstić information content (AvgIpc) is 2.37. The molecule has 0 atom stereocenters. The molecule has 0 saturated heterocycles. The van der Waals surface area contributed by atoms with Crippen molar-refractivity contribution in [1.29, 1.82) is 0 Å². The number of sulfone groups is 1. The highest BCUT2D eigenvalue weighted by atomic mass is 79.9. The first kappa shape index (κ1) is 17.3. The second-order valence-electron chi connectivity index (χ2n) is 5.39. The van der Waals surface area contributed by atoms with Crippen molar-refractivity contribution in [2.24, 2.45) is 0 Å². The van der Waals surface area contributed by atoms with Gasteiger partial charge in [0.05, 0.1) is 17.6 Å². The zero-order chi connectivity index (χ0) is 15.4. The smallest absolute Gasteiger partial charge is 0.158 e. The van der Waals surface area contributed by atoms with Crippen LogP contribution in [0.15, 0.2) is 18.2 Å². The van der Waals surface area contributed by atoms with E-state index in [2.05, 4.69) is 15.9 Å². The molecule has 0 saturated carbocycles. The molecule has 0 unspecified atom stereocenters. The molecular weight excluding hydrogens is 344 g/mol. The number of ether oxygens (including phenoxy) is 2. The molecule has 1 aromatic carbocycles. The van der Waals surface area contributed by atoms with Crippen LogP contribution < -0.4 is 9.47 Å². The topological polar surface area (TPSA) is 52.6 Å². The Balaban J connectivity index is 2.76. The molecule has 0 radical (unpaired) electrons. The highest BCUT2D eigenvalue weighted by Gasteiger charge is 2.28. The van der Waals surface area contributed by atoms with Crippen molar-refractivity contribution in [3.05, 3.63) is 23.8 Å². The molecule has 114 valence electrons. The van der Waals surface area contributed by atoms with Crippen LogP contribution in [0, 0.1) is 0 Å². The molecule has 0 N–H and O–H groups in total. The number of benzene rings is 1. The second-order valence-corrected chi connectivity index (χ2v) is 8.81. The van der Waals surface area contributed by atoms with E-state index in [1.54, 1.807) is 33.9 Å². The minimum atomic E-state index is -3.17. The Morgan fingerprint density at radius 2 is 1.90 bits per heavy atom. The molecule has 0 fully saturated rings. The van der Waals surface area contributed by atoms with Gasteiger partial charge in [0.25, 0.3) is 0 Å². The fraction of sp³-hybridized carbons (Fsp3) is 0.571. The van der Waals surface area contributed by atoms with Crippen LogP contribution in [0.3, 0.4) is 0 Å². The minimum absolute atomic E-state index is 0.00453. The van der Waals surface area contributed by atoms with Gasteiger partial charge < -0.3 is 9.47 Å². The Hall–Kier alpha value is -0.750. The van der Waals surface area contributed by atoms with Gasteiger partial charge in [-0.25, -0.2) is 8.42 Å². The lowest BCUT2D eigenvalue weighted by molar-refractivity contribution is 0.333. The van der Waals surface area contributed by atoms with Gasteiger partial charge in [-0.05, 0) is 26.8 Å². The maximum absolute atomic E-state index is 12.0. The van der Waals surface area contributed by atoms with Crippen molar-refractivity contribution >= 4 is 25.8 Å². The Kier molecular flexibility index (Phi) is 5.89. The second kappa shape index (κ2) is 6.80. The predicted molar refractivity (Wildman–Crippen MR) is 84.7 cm³/mol. The van der Waals surface area contributed by atoms with Gasteiger partial charge >= 0.3 is 0 Å². The van der Waals surface area contributed by atoms with Crippen molar-refractivity contribution in [2.45, 2.75) is 30.8 Å². The fourth-order valence-electron chi connectivity index (χ4n) is 1.47. The summed E-state index contributed by atoms with van der Waals surface area (Å²) in [6.07, 6.45) is 0. The summed E-state index contributed by atoms with van der Waals surface area (Å²) in [5.41, 5.74) is 0.957. The molecule has 20 heavy (non-hydrogen) atoms. The van der Waals surface area contributed by atoms with Gasteiger partial charge in [-0.1, -0.05) is 22.0 Å². The summed E-state index contributed by atoms with van der Waals surface area (Å²) < 4.78 is 34.0. The lowest BCUT2D eigenvalue weighted by Crippen LogP contribution is -2.32. The fourth-order valence-corrected chi connectivity index (χ4v) is 2.85. The summed E-state index contributed by atoms with van der Waals surface area (Å²) in [7, 11) is -1.59. The van der Waals surface area contributed by atoms with Crippen LogP contribution in [-0.4, -0.2) is 32.6 Å². The van der Waals surface area contributed by atoms with E-state index in [-0.39, 0.29) is 12.4 Å². The largest absolute Gasteiger partial charge is 0.497 e. The van der Waals surface area contributed by atoms with Crippen molar-refractivity contribution in [1.82, 2.24) is 0 Å². The van der Waals surface area contributed by atoms with Crippen LogP contribution in [0.4, 0.5) is 0 Å². The molecule has 0 aliphatic heterocycles. The van der Waals surface area contributed by atoms with E-state index in [0.717, 1.165) is 5.56 Å². The lowest BCUT2D eigenvalue weighted by Gasteiger charge is -2.19. The summed E-state index contributed by atoms with van der Waals surface area (Å²) in [5.74, 6) is 1.32. The number of rotatable bonds is 6. The van der Waals surface area contributed by atoms with Crippen molar-refractivity contribution < 1.29 is 17.9 Å². The third-order valence-corrected chi connectivity index (χ3v) is 6.14. The molecule has 0 bridgehead atoms. The lowest BCUT2D eigenvalue weighted by atomic mass is 10.2. The Bertz CT molecular complexity index is 547. The highest BCUT2D eigenvalue weighted by molar-refractivity contribution is 9.08. The molecule has 0 heterocycles. The molecular formula is C14H21BrO4S. The normalized spacial score (nSPS) is 12.2. The zero-order valence-electron chi connectivity index (χ0n) is 12.3. The van der Waals surface area contributed by atoms with E-state index in [4.69, 9.17) is 9.47 Å². The van der Waals surface area contributed by atoms with Gasteiger partial charge in [0, 0.05) is 17.0 Å². The summed E-state index contributed by atoms with van der Waals surface area (Å²) in [6, 6.07) is 5.50. The number of hydrogen-bond acceptors (Lipinski definition) is 4. The number of alkyl halides is 1. The van der Waals surface area contributed by atoms with Crippen molar-refractivity contribution in [3.8, 4) is 11.5 Å². The van der Waals surface area contributed by atoms with Crippen molar-refractivity contribution in [2.75, 3.05) is 19.5 Å². The molecule has 0 spiro atoms. The van der Waals surface area contributed by atoms with Gasteiger partial charge in [0.15, 0.2) is 9.84 Å². The molecule has 1 aromatic rings. The molecule has 0 aliphatic rings. The first-order valence-corrected chi connectivity index (χ1v) is 9.06. The molecule has 0 aliphatic carbocycles. The molecule has 4 nitrogen and oxygen atoms in total. The number of hydrogen-bond donors (Lipinski definition) is 0. The Morgan fingerprint density at radius 3 is 2.40 bits per heavy atom. The predicted octanol–water partition coefficient (Wildman–Crippen LogP) is 3.18. The van der Waals surface area contributed by atoms with Crippen LogP contribution in [0.5, 0.6) is 11.5 Å². The van der Waals surface area contributed by atoms with E-state index < -0.39 is 14.6 Å². The minimum Gasteiger partial charge on any atom is -0.497 e. The highest BCUT2D eigenvalue weighted by Crippen LogP contribution is 2.27. The number of halogens is 1. The standard InChI is InChI=1S/C14H21BrO4S/c1-14(2,3)20(16,17)8-7-19-13-9-12(18-4)6-5-11(13)10-15/h5-6,9H,7-8,10H2,1-4H3. The van der Waals surface area contributed by atoms with Crippen LogP contribution >= 0.6 is 15.9 Å². The van der Waals surface area contributed by atoms with E-state index in [1.165, 1.54) is 0 Å². The van der Waals surface area contributed by atoms with Gasteiger partial charge in [0.1, 0.15) is 18.1 Å². The molecule has 1 rings (SSSR count). The van der Waals surface area contributed by atoms with Crippen LogP contribution in [0.25, 0.3) is 0 Å². The van der Waals surface area contributed by atoms with Crippen LogP contribution in [-0.2, 0) is 15.2 Å². The summed E-state index contributed by atoms with van der Waals surface area (Å²) in [5, 5.41) is 0.637. The van der Waals surface area contributed by atoms with E-state index in [9.17, 15) is 8.42 Å².